The molecule has 2 aromatic carbocycles. The summed E-state index contributed by atoms with van der Waals surface area (Å²) in [5.41, 5.74) is 5.71. The van der Waals surface area contributed by atoms with E-state index in [2.05, 4.69) is 17.4 Å². The highest BCUT2D eigenvalue weighted by molar-refractivity contribution is 5.95. The monoisotopic (exact) mass is 308 g/mol. The Hall–Kier alpha value is -2.62. The van der Waals surface area contributed by atoms with Crippen LogP contribution in [0.5, 0.6) is 0 Å². The van der Waals surface area contributed by atoms with Crippen LogP contribution in [-0.2, 0) is 17.6 Å². The number of aryl methyl sites for hydroxylation is 3. The number of benzene rings is 2. The van der Waals surface area contributed by atoms with E-state index >= 15 is 0 Å². The van der Waals surface area contributed by atoms with Crippen LogP contribution >= 0.6 is 0 Å². The average molecular weight is 308 g/mol. The highest BCUT2D eigenvalue weighted by Crippen LogP contribution is 2.23. The highest BCUT2D eigenvalue weighted by atomic mass is 16.5. The third-order valence-electron chi connectivity index (χ3n) is 4.16. The minimum absolute atomic E-state index is 0.0840. The van der Waals surface area contributed by atoms with Crippen molar-refractivity contribution < 1.29 is 9.32 Å². The third kappa shape index (κ3) is 3.11. The summed E-state index contributed by atoms with van der Waals surface area (Å²) in [6, 6.07) is 11.8. The lowest BCUT2D eigenvalue weighted by Crippen LogP contribution is -2.15. The molecule has 118 valence electrons. The first-order valence-corrected chi connectivity index (χ1v) is 7.81. The number of nitrogens with one attached hydrogen (secondary N) is 1. The van der Waals surface area contributed by atoms with E-state index in [1.807, 2.05) is 50.2 Å². The summed E-state index contributed by atoms with van der Waals surface area (Å²) >= 11 is 0. The second-order valence-corrected chi connectivity index (χ2v) is 5.80. The van der Waals surface area contributed by atoms with E-state index in [1.54, 1.807) is 0 Å². The summed E-state index contributed by atoms with van der Waals surface area (Å²) in [6.45, 7) is 6.15. The number of nitrogens with zero attached hydrogens (tertiary/aromatic N) is 1. The van der Waals surface area contributed by atoms with Gasteiger partial charge < -0.3 is 9.84 Å². The van der Waals surface area contributed by atoms with E-state index in [1.165, 1.54) is 5.56 Å². The molecular weight excluding hydrogens is 288 g/mol. The molecule has 0 spiro atoms. The van der Waals surface area contributed by atoms with E-state index < -0.39 is 0 Å². The predicted molar refractivity (Wildman–Crippen MR) is 91.6 cm³/mol. The highest BCUT2D eigenvalue weighted by Gasteiger charge is 2.14. The van der Waals surface area contributed by atoms with Crippen molar-refractivity contribution in [3.8, 4) is 0 Å². The van der Waals surface area contributed by atoms with Crippen molar-refractivity contribution in [2.24, 2.45) is 0 Å². The van der Waals surface area contributed by atoms with Crippen molar-refractivity contribution in [2.75, 3.05) is 5.32 Å². The summed E-state index contributed by atoms with van der Waals surface area (Å²) < 4.78 is 5.35. The zero-order valence-electron chi connectivity index (χ0n) is 13.6. The number of fused-ring (bicyclic) bond motifs is 1. The lowest BCUT2D eigenvalue weighted by molar-refractivity contribution is -0.115. The zero-order valence-corrected chi connectivity index (χ0v) is 13.6. The zero-order chi connectivity index (χ0) is 16.4. The molecule has 1 N–H and O–H groups in total. The van der Waals surface area contributed by atoms with Crippen LogP contribution in [0.2, 0.25) is 0 Å². The topological polar surface area (TPSA) is 55.1 Å². The van der Waals surface area contributed by atoms with Crippen LogP contribution in [-0.4, -0.2) is 11.1 Å². The quantitative estimate of drug-likeness (QED) is 0.786. The van der Waals surface area contributed by atoms with Gasteiger partial charge in [0.15, 0.2) is 5.58 Å². The Balaban J connectivity index is 1.82. The van der Waals surface area contributed by atoms with Gasteiger partial charge in [0.25, 0.3) is 0 Å². The van der Waals surface area contributed by atoms with Crippen molar-refractivity contribution in [1.29, 1.82) is 0 Å². The normalized spacial score (nSPS) is 10.9. The minimum Gasteiger partial charge on any atom is -0.356 e. The molecule has 4 heteroatoms. The molecule has 1 aromatic heterocycles. The number of hydrogen-bond donors (Lipinski definition) is 1. The fourth-order valence-electron chi connectivity index (χ4n) is 2.67. The van der Waals surface area contributed by atoms with Crippen LogP contribution in [0.25, 0.3) is 11.0 Å². The molecule has 0 aliphatic heterocycles. The Morgan fingerprint density at radius 1 is 1.17 bits per heavy atom. The summed E-state index contributed by atoms with van der Waals surface area (Å²) in [6.07, 6.45) is 1.08. The molecule has 0 aliphatic rings. The van der Waals surface area contributed by atoms with Gasteiger partial charge in [0, 0.05) is 11.1 Å². The summed E-state index contributed by atoms with van der Waals surface area (Å²) in [5, 5.41) is 7.94. The van der Waals surface area contributed by atoms with E-state index in [-0.39, 0.29) is 12.3 Å². The number of carbonyl (C=O) groups is 1. The number of aromatic nitrogens is 1. The van der Waals surface area contributed by atoms with Gasteiger partial charge in [-0.3, -0.25) is 4.79 Å². The molecular formula is C19H20N2O2. The van der Waals surface area contributed by atoms with Crippen LogP contribution in [0.1, 0.15) is 29.3 Å². The fourth-order valence-corrected chi connectivity index (χ4v) is 2.67. The Kier molecular flexibility index (Phi) is 4.15. The number of para-hydroxylation sites is 1. The van der Waals surface area contributed by atoms with Gasteiger partial charge in [-0.05, 0) is 55.2 Å². The Bertz CT molecular complexity index is 865. The van der Waals surface area contributed by atoms with Gasteiger partial charge in [0.1, 0.15) is 5.69 Å². The smallest absolute Gasteiger partial charge is 0.230 e. The Morgan fingerprint density at radius 2 is 1.91 bits per heavy atom. The first-order chi connectivity index (χ1) is 11.1. The molecule has 3 aromatic rings. The van der Waals surface area contributed by atoms with Gasteiger partial charge in [0.05, 0.1) is 6.42 Å². The van der Waals surface area contributed by atoms with Gasteiger partial charge in [-0.1, -0.05) is 30.3 Å². The minimum atomic E-state index is -0.0840. The first-order valence-electron chi connectivity index (χ1n) is 7.81. The molecule has 0 saturated heterocycles. The standard InChI is InChI=1S/C19H20N2O2/c1-4-14-7-5-6-8-16(14)20-19(22)11-17-15-9-12(2)13(3)10-18(15)23-21-17/h5-10H,4,11H2,1-3H3,(H,20,22). The third-order valence-corrected chi connectivity index (χ3v) is 4.16. The second kappa shape index (κ2) is 6.24. The molecule has 3 rings (SSSR count). The van der Waals surface area contributed by atoms with Crippen molar-refractivity contribution in [3.63, 3.8) is 0 Å². The molecule has 0 radical (unpaired) electrons. The number of rotatable bonds is 4. The van der Waals surface area contributed by atoms with E-state index in [0.29, 0.717) is 5.69 Å². The predicted octanol–water partition coefficient (Wildman–Crippen LogP) is 4.19. The van der Waals surface area contributed by atoms with Gasteiger partial charge >= 0.3 is 0 Å². The molecule has 1 amide bonds. The van der Waals surface area contributed by atoms with Gasteiger partial charge in [-0.15, -0.1) is 0 Å². The Morgan fingerprint density at radius 3 is 2.70 bits per heavy atom. The van der Waals surface area contributed by atoms with E-state index in [4.69, 9.17) is 4.52 Å². The van der Waals surface area contributed by atoms with Crippen LogP contribution in [0, 0.1) is 13.8 Å². The second-order valence-electron chi connectivity index (χ2n) is 5.80. The van der Waals surface area contributed by atoms with Crippen molar-refractivity contribution >= 4 is 22.6 Å². The number of anilines is 1. The van der Waals surface area contributed by atoms with Crippen LogP contribution in [0.3, 0.4) is 0 Å². The van der Waals surface area contributed by atoms with E-state index in [0.717, 1.165) is 34.2 Å². The van der Waals surface area contributed by atoms with E-state index in [9.17, 15) is 4.79 Å². The lowest BCUT2D eigenvalue weighted by Gasteiger charge is -2.08. The van der Waals surface area contributed by atoms with Gasteiger partial charge in [-0.2, -0.15) is 0 Å². The fraction of sp³-hybridized carbons (Fsp3) is 0.263. The number of carbonyl (C=O) groups excluding carboxylic acids is 1. The SMILES string of the molecule is CCc1ccccc1NC(=O)Cc1noc2cc(C)c(C)cc12. The molecule has 0 fully saturated rings. The Labute approximate surface area is 135 Å². The molecule has 0 bridgehead atoms. The molecule has 0 saturated carbocycles. The van der Waals surface area contributed by atoms with Crippen LogP contribution < -0.4 is 5.32 Å². The van der Waals surface area contributed by atoms with Crippen molar-refractivity contribution in [1.82, 2.24) is 5.16 Å². The van der Waals surface area contributed by atoms with Crippen LogP contribution in [0.4, 0.5) is 5.69 Å². The van der Waals surface area contributed by atoms with Crippen molar-refractivity contribution in [3.05, 3.63) is 58.8 Å². The molecule has 0 atom stereocenters. The molecule has 23 heavy (non-hydrogen) atoms. The summed E-state index contributed by atoms with van der Waals surface area (Å²) in [7, 11) is 0. The molecule has 0 aliphatic carbocycles. The maximum absolute atomic E-state index is 12.4. The van der Waals surface area contributed by atoms with Crippen molar-refractivity contribution in [2.45, 2.75) is 33.6 Å². The maximum Gasteiger partial charge on any atom is 0.230 e. The number of hydrogen-bond acceptors (Lipinski definition) is 3. The summed E-state index contributed by atoms with van der Waals surface area (Å²) in [4.78, 5) is 12.4. The van der Waals surface area contributed by atoms with Gasteiger partial charge in [-0.25, -0.2) is 0 Å². The lowest BCUT2D eigenvalue weighted by atomic mass is 10.1. The maximum atomic E-state index is 12.4. The summed E-state index contributed by atoms with van der Waals surface area (Å²) in [5.74, 6) is -0.0840. The van der Waals surface area contributed by atoms with Gasteiger partial charge in [0.2, 0.25) is 5.91 Å². The van der Waals surface area contributed by atoms with Crippen LogP contribution in [0.15, 0.2) is 40.9 Å². The molecule has 4 nitrogen and oxygen atoms in total. The number of amides is 1. The first kappa shape index (κ1) is 15.3. The molecule has 0 unspecified atom stereocenters. The largest absolute Gasteiger partial charge is 0.356 e. The average Bonchev–Trinajstić information content (AvgIpc) is 2.90. The molecule has 1 heterocycles.